The van der Waals surface area contributed by atoms with Crippen molar-refractivity contribution in [2.24, 2.45) is 11.8 Å². The summed E-state index contributed by atoms with van der Waals surface area (Å²) in [6, 6.07) is 54.4. The van der Waals surface area contributed by atoms with Crippen molar-refractivity contribution in [3.63, 3.8) is 0 Å². The molecule has 0 aliphatic carbocycles. The number of quaternary nitrogens is 1. The smallest absolute Gasteiger partial charge is 0.227 e. The van der Waals surface area contributed by atoms with E-state index in [-0.39, 0.29) is 6.04 Å². The van der Waals surface area contributed by atoms with Crippen LogP contribution in [0.3, 0.4) is 0 Å². The van der Waals surface area contributed by atoms with Crippen molar-refractivity contribution in [2.45, 2.75) is 31.5 Å². The Balaban J connectivity index is 1.15. The van der Waals surface area contributed by atoms with Gasteiger partial charge in [0.25, 0.3) is 0 Å². The maximum Gasteiger partial charge on any atom is 0.227 e. The Morgan fingerprint density at radius 3 is 1.97 bits per heavy atom. The van der Waals surface area contributed by atoms with Gasteiger partial charge >= 0.3 is 0 Å². The fourth-order valence-electron chi connectivity index (χ4n) is 10.3. The SMILES string of the molecule is C=C[C@H]1C[N+]2(Cc3cc(-c4ccc(OC)cc4)cc(-c4ccc(OC)cc4)c3)CC[C@H]1C[C@@H]2[C@@H](Oc1nc(-c2ccccc2)nc(Cl)c1-c1ccccc1)c1ccnc2ccccc12. The third-order valence-electron chi connectivity index (χ3n) is 13.5. The molecule has 6 aromatic carbocycles. The summed E-state index contributed by atoms with van der Waals surface area (Å²) in [6.45, 7) is 7.14. The molecular formula is C56H50ClN4O3+. The van der Waals surface area contributed by atoms with Gasteiger partial charge in [-0.15, -0.1) is 6.58 Å². The number of aromatic nitrogens is 3. The first-order valence-electron chi connectivity index (χ1n) is 22.0. The summed E-state index contributed by atoms with van der Waals surface area (Å²) < 4.78 is 19.6. The zero-order chi connectivity index (χ0) is 43.6. The van der Waals surface area contributed by atoms with E-state index in [9.17, 15) is 0 Å². The maximum atomic E-state index is 7.66. The number of ether oxygens (including phenoxy) is 3. The van der Waals surface area contributed by atoms with Crippen LogP contribution in [0.4, 0.5) is 0 Å². The number of benzene rings is 6. The Morgan fingerprint density at radius 2 is 1.33 bits per heavy atom. The van der Waals surface area contributed by atoms with Crippen LogP contribution in [-0.2, 0) is 6.54 Å². The van der Waals surface area contributed by atoms with Crippen molar-refractivity contribution < 1.29 is 18.7 Å². The molecule has 0 saturated carbocycles. The van der Waals surface area contributed by atoms with E-state index in [1.807, 2.05) is 97.2 Å². The van der Waals surface area contributed by atoms with Gasteiger partial charge in [-0.2, -0.15) is 4.98 Å². The number of halogens is 1. The number of fused-ring (bicyclic) bond motifs is 4. The molecule has 318 valence electrons. The van der Waals surface area contributed by atoms with Gasteiger partial charge in [0.2, 0.25) is 5.88 Å². The predicted octanol–water partition coefficient (Wildman–Crippen LogP) is 13.1. The highest BCUT2D eigenvalue weighted by molar-refractivity contribution is 6.32. The lowest BCUT2D eigenvalue weighted by Crippen LogP contribution is -2.68. The van der Waals surface area contributed by atoms with Gasteiger partial charge in [-0.3, -0.25) is 4.98 Å². The Hall–Kier alpha value is -6.80. The lowest BCUT2D eigenvalue weighted by molar-refractivity contribution is -0.984. The Labute approximate surface area is 380 Å². The number of piperidine rings is 3. The fourth-order valence-corrected chi connectivity index (χ4v) is 10.6. The normalized spacial score (nSPS) is 19.5. The second-order valence-corrected chi connectivity index (χ2v) is 17.5. The minimum atomic E-state index is -0.427. The molecule has 8 heteroatoms. The molecule has 1 unspecified atom stereocenters. The van der Waals surface area contributed by atoms with Gasteiger partial charge < -0.3 is 18.7 Å². The summed E-state index contributed by atoms with van der Waals surface area (Å²) in [5.41, 5.74) is 10.2. The molecule has 5 atom stereocenters. The highest BCUT2D eigenvalue weighted by atomic mass is 35.5. The highest BCUT2D eigenvalue weighted by Gasteiger charge is 2.55. The number of pyridine rings is 1. The third-order valence-corrected chi connectivity index (χ3v) is 13.8. The molecule has 11 rings (SSSR count). The molecule has 3 aliphatic rings. The minimum Gasteiger partial charge on any atom is -0.497 e. The van der Waals surface area contributed by atoms with Crippen LogP contribution >= 0.6 is 11.6 Å². The number of methoxy groups -OCH3 is 2. The summed E-state index contributed by atoms with van der Waals surface area (Å²) in [5.74, 6) is 3.46. The number of para-hydroxylation sites is 1. The van der Waals surface area contributed by atoms with Crippen molar-refractivity contribution in [2.75, 3.05) is 27.3 Å². The Kier molecular flexibility index (Phi) is 11.4. The Morgan fingerprint density at radius 1 is 0.703 bits per heavy atom. The van der Waals surface area contributed by atoms with Crippen LogP contribution in [0.25, 0.3) is 55.7 Å². The summed E-state index contributed by atoms with van der Waals surface area (Å²) >= 11 is 7.26. The molecule has 0 spiro atoms. The van der Waals surface area contributed by atoms with Crippen molar-refractivity contribution in [1.29, 1.82) is 0 Å². The average Bonchev–Trinajstić information content (AvgIpc) is 3.35. The summed E-state index contributed by atoms with van der Waals surface area (Å²) in [5, 5.41) is 1.40. The number of nitrogens with zero attached hydrogens (tertiary/aromatic N) is 4. The summed E-state index contributed by atoms with van der Waals surface area (Å²) in [7, 11) is 3.41. The number of hydrogen-bond acceptors (Lipinski definition) is 6. The lowest BCUT2D eigenvalue weighted by Gasteiger charge is -2.58. The van der Waals surface area contributed by atoms with Gasteiger partial charge in [-0.1, -0.05) is 121 Å². The van der Waals surface area contributed by atoms with Crippen LogP contribution < -0.4 is 14.2 Å². The molecule has 64 heavy (non-hydrogen) atoms. The first-order valence-corrected chi connectivity index (χ1v) is 22.4. The van der Waals surface area contributed by atoms with E-state index in [0.717, 1.165) is 98.3 Å². The summed E-state index contributed by atoms with van der Waals surface area (Å²) in [6.07, 6.45) is 5.75. The van der Waals surface area contributed by atoms with Crippen molar-refractivity contribution in [1.82, 2.24) is 15.0 Å². The molecular weight excluding hydrogens is 812 g/mol. The first kappa shape index (κ1) is 41.2. The zero-order valence-corrected chi connectivity index (χ0v) is 36.9. The van der Waals surface area contributed by atoms with Crippen LogP contribution in [0.15, 0.2) is 177 Å². The molecule has 3 saturated heterocycles. The molecule has 3 fully saturated rings. The molecule has 0 amide bonds. The molecule has 7 nitrogen and oxygen atoms in total. The molecule has 3 aliphatic heterocycles. The van der Waals surface area contributed by atoms with Gasteiger partial charge in [0.05, 0.1) is 38.4 Å². The van der Waals surface area contributed by atoms with Crippen LogP contribution in [0.1, 0.15) is 30.1 Å². The van der Waals surface area contributed by atoms with Crippen molar-refractivity contribution in [3.05, 3.63) is 193 Å². The fraction of sp³-hybridized carbons (Fsp3) is 0.196. The molecule has 5 heterocycles. The molecule has 0 radical (unpaired) electrons. The van der Waals surface area contributed by atoms with E-state index >= 15 is 0 Å². The van der Waals surface area contributed by atoms with E-state index in [4.69, 9.17) is 40.8 Å². The topological polar surface area (TPSA) is 66.4 Å². The van der Waals surface area contributed by atoms with Crippen molar-refractivity contribution >= 4 is 22.5 Å². The van der Waals surface area contributed by atoms with E-state index in [1.165, 1.54) is 5.56 Å². The lowest BCUT2D eigenvalue weighted by atomic mass is 9.71. The maximum absolute atomic E-state index is 7.66. The third kappa shape index (κ3) is 8.02. The highest BCUT2D eigenvalue weighted by Crippen LogP contribution is 2.50. The van der Waals surface area contributed by atoms with E-state index < -0.39 is 6.10 Å². The monoisotopic (exact) mass is 861 g/mol. The second kappa shape index (κ2) is 17.8. The largest absolute Gasteiger partial charge is 0.497 e. The molecule has 2 aromatic heterocycles. The predicted molar refractivity (Wildman–Crippen MR) is 257 cm³/mol. The van der Waals surface area contributed by atoms with E-state index in [2.05, 4.69) is 79.4 Å². The van der Waals surface area contributed by atoms with Crippen LogP contribution in [0, 0.1) is 11.8 Å². The Bertz CT molecular complexity index is 2860. The number of hydrogen-bond donors (Lipinski definition) is 0. The quantitative estimate of drug-likeness (QED) is 0.0653. The van der Waals surface area contributed by atoms with Gasteiger partial charge in [0, 0.05) is 47.0 Å². The molecule has 2 bridgehead atoms. The van der Waals surface area contributed by atoms with E-state index in [0.29, 0.717) is 34.3 Å². The van der Waals surface area contributed by atoms with Gasteiger partial charge in [0.15, 0.2) is 11.9 Å². The molecule has 8 aromatic rings. The minimum absolute atomic E-state index is 0.0346. The summed E-state index contributed by atoms with van der Waals surface area (Å²) in [4.78, 5) is 15.0. The van der Waals surface area contributed by atoms with Crippen LogP contribution in [0.2, 0.25) is 5.15 Å². The van der Waals surface area contributed by atoms with E-state index in [1.54, 1.807) is 14.2 Å². The second-order valence-electron chi connectivity index (χ2n) is 17.1. The van der Waals surface area contributed by atoms with Crippen LogP contribution in [0.5, 0.6) is 17.4 Å². The van der Waals surface area contributed by atoms with Crippen LogP contribution in [-0.4, -0.2) is 52.8 Å². The molecule has 0 N–H and O–H groups in total. The van der Waals surface area contributed by atoms with Gasteiger partial charge in [-0.05, 0) is 88.3 Å². The number of rotatable bonds is 13. The zero-order valence-electron chi connectivity index (χ0n) is 36.1. The van der Waals surface area contributed by atoms with Crippen molar-refractivity contribution in [3.8, 4) is 62.1 Å². The van der Waals surface area contributed by atoms with Gasteiger partial charge in [-0.25, -0.2) is 4.98 Å². The first-order chi connectivity index (χ1) is 31.4. The average molecular weight is 862 g/mol. The standard InChI is InChI=1S/C56H50ClN4O3/c1-4-38-36-61(35-37-31-44(39-19-23-46(62-2)24-20-39)33-45(32-37)40-21-25-47(63-3)26-22-40)30-28-43(38)34-51(61)53(49-27-29-58-50-18-12-11-17-48(49)50)64-56-52(41-13-7-5-8-14-41)54(57)59-55(60-56)42-15-9-6-10-16-42/h4-27,29,31-33,38,43,51,53H,1,28,30,34-36H2,2-3H3/q+1/t38-,43-,51+,53-,61?/m0/s1. The van der Waals surface area contributed by atoms with Gasteiger partial charge in [0.1, 0.15) is 29.2 Å².